The number of halogens is 1. The molecule has 0 radical (unpaired) electrons. The van der Waals surface area contributed by atoms with Crippen molar-refractivity contribution in [1.29, 1.82) is 0 Å². The molecule has 6 heteroatoms. The second-order valence-corrected chi connectivity index (χ2v) is 4.88. The van der Waals surface area contributed by atoms with Crippen molar-refractivity contribution in [2.24, 2.45) is 0 Å². The Morgan fingerprint density at radius 1 is 1.42 bits per heavy atom. The molecule has 5 nitrogen and oxygen atoms in total. The summed E-state index contributed by atoms with van der Waals surface area (Å²) in [6, 6.07) is 5.51. The number of ether oxygens (including phenoxy) is 1. The quantitative estimate of drug-likeness (QED) is 0.852. The van der Waals surface area contributed by atoms with Gasteiger partial charge in [0.2, 0.25) is 5.91 Å². The van der Waals surface area contributed by atoms with Crippen LogP contribution in [0, 0.1) is 0 Å². The van der Waals surface area contributed by atoms with Crippen LogP contribution in [0.25, 0.3) is 10.9 Å². The number of fused-ring (bicyclic) bond motifs is 1. The predicted molar refractivity (Wildman–Crippen MR) is 76.3 cm³/mol. The summed E-state index contributed by atoms with van der Waals surface area (Å²) in [6.07, 6.45) is 0. The Morgan fingerprint density at radius 2 is 2.16 bits per heavy atom. The van der Waals surface area contributed by atoms with Crippen molar-refractivity contribution >= 4 is 44.4 Å². The van der Waals surface area contributed by atoms with E-state index in [-0.39, 0.29) is 18.2 Å². The summed E-state index contributed by atoms with van der Waals surface area (Å²) >= 11 is 3.37. The molecule has 0 fully saturated rings. The molecule has 0 aliphatic rings. The van der Waals surface area contributed by atoms with Crippen molar-refractivity contribution in [3.8, 4) is 0 Å². The van der Waals surface area contributed by atoms with E-state index in [1.165, 1.54) is 6.92 Å². The molecular weight excluding hydrogens is 312 g/mol. The van der Waals surface area contributed by atoms with Gasteiger partial charge in [-0.25, -0.2) is 4.79 Å². The zero-order valence-electron chi connectivity index (χ0n) is 10.5. The van der Waals surface area contributed by atoms with E-state index in [9.17, 15) is 9.59 Å². The summed E-state index contributed by atoms with van der Waals surface area (Å²) in [7, 11) is 0. The highest BCUT2D eigenvalue weighted by atomic mass is 79.9. The van der Waals surface area contributed by atoms with Gasteiger partial charge in [-0.1, -0.05) is 15.9 Å². The molecule has 1 aromatic heterocycles. The summed E-state index contributed by atoms with van der Waals surface area (Å²) in [4.78, 5) is 26.1. The van der Waals surface area contributed by atoms with Crippen LogP contribution in [0.15, 0.2) is 22.7 Å². The van der Waals surface area contributed by atoms with E-state index < -0.39 is 5.97 Å². The fraction of sp³-hybridized carbons (Fsp3) is 0.231. The maximum Gasteiger partial charge on any atom is 0.356 e. The lowest BCUT2D eigenvalue weighted by Gasteiger charge is -2.04. The van der Waals surface area contributed by atoms with Crippen molar-refractivity contribution in [2.75, 3.05) is 11.9 Å². The van der Waals surface area contributed by atoms with E-state index in [2.05, 4.69) is 26.2 Å². The van der Waals surface area contributed by atoms with Gasteiger partial charge >= 0.3 is 5.97 Å². The molecule has 0 spiro atoms. The van der Waals surface area contributed by atoms with Crippen LogP contribution in [0.3, 0.4) is 0 Å². The molecule has 0 saturated heterocycles. The van der Waals surface area contributed by atoms with Gasteiger partial charge in [0.05, 0.1) is 12.3 Å². The lowest BCUT2D eigenvalue weighted by atomic mass is 10.2. The second kappa shape index (κ2) is 5.44. The van der Waals surface area contributed by atoms with Crippen LogP contribution in [0.4, 0.5) is 5.69 Å². The molecule has 0 aliphatic heterocycles. The molecule has 1 aromatic carbocycles. The lowest BCUT2D eigenvalue weighted by molar-refractivity contribution is -0.114. The summed E-state index contributed by atoms with van der Waals surface area (Å²) in [5.41, 5.74) is 1.46. The van der Waals surface area contributed by atoms with Gasteiger partial charge < -0.3 is 15.0 Å². The number of hydrogen-bond donors (Lipinski definition) is 2. The first kappa shape index (κ1) is 13.6. The van der Waals surface area contributed by atoms with E-state index in [1.807, 2.05) is 18.2 Å². The number of benzene rings is 1. The lowest BCUT2D eigenvalue weighted by Crippen LogP contribution is -2.12. The van der Waals surface area contributed by atoms with Crippen LogP contribution in [-0.2, 0) is 9.53 Å². The highest BCUT2D eigenvalue weighted by Crippen LogP contribution is 2.30. The third kappa shape index (κ3) is 2.78. The van der Waals surface area contributed by atoms with Crippen LogP contribution in [0.2, 0.25) is 0 Å². The fourth-order valence-corrected chi connectivity index (χ4v) is 2.19. The number of esters is 1. The highest BCUT2D eigenvalue weighted by molar-refractivity contribution is 9.10. The number of anilines is 1. The predicted octanol–water partition coefficient (Wildman–Crippen LogP) is 3.07. The second-order valence-electron chi connectivity index (χ2n) is 3.97. The normalized spacial score (nSPS) is 10.5. The Kier molecular flexibility index (Phi) is 3.90. The van der Waals surface area contributed by atoms with Gasteiger partial charge in [-0.15, -0.1) is 0 Å². The number of amides is 1. The van der Waals surface area contributed by atoms with E-state index >= 15 is 0 Å². The third-order valence-corrected chi connectivity index (χ3v) is 3.03. The van der Waals surface area contributed by atoms with Gasteiger partial charge in [0.25, 0.3) is 0 Å². The van der Waals surface area contributed by atoms with Gasteiger partial charge in [0, 0.05) is 22.3 Å². The molecule has 19 heavy (non-hydrogen) atoms. The Labute approximate surface area is 118 Å². The number of H-pyrrole nitrogens is 1. The SMILES string of the molecule is CCOC(=O)c1[nH]c2ccc(Br)cc2c1NC(C)=O. The molecule has 2 aromatic rings. The number of carbonyl (C=O) groups excluding carboxylic acids is 2. The summed E-state index contributed by atoms with van der Waals surface area (Å²) in [6.45, 7) is 3.40. The average molecular weight is 325 g/mol. The maximum atomic E-state index is 11.9. The Morgan fingerprint density at radius 3 is 2.79 bits per heavy atom. The molecule has 2 rings (SSSR count). The molecule has 0 aliphatic carbocycles. The average Bonchev–Trinajstić information content (AvgIpc) is 2.67. The summed E-state index contributed by atoms with van der Waals surface area (Å²) in [5.74, 6) is -0.731. The van der Waals surface area contributed by atoms with Crippen LogP contribution in [0.5, 0.6) is 0 Å². The van der Waals surface area contributed by atoms with Crippen molar-refractivity contribution in [3.63, 3.8) is 0 Å². The van der Waals surface area contributed by atoms with Crippen molar-refractivity contribution in [2.45, 2.75) is 13.8 Å². The van der Waals surface area contributed by atoms with Gasteiger partial charge in [0.1, 0.15) is 5.69 Å². The van der Waals surface area contributed by atoms with Crippen LogP contribution in [0.1, 0.15) is 24.3 Å². The topological polar surface area (TPSA) is 71.2 Å². The number of aromatic nitrogens is 1. The minimum absolute atomic E-state index is 0.244. The smallest absolute Gasteiger partial charge is 0.356 e. The number of rotatable bonds is 3. The van der Waals surface area contributed by atoms with Crippen molar-refractivity contribution in [3.05, 3.63) is 28.4 Å². The maximum absolute atomic E-state index is 11.9. The fourth-order valence-electron chi connectivity index (χ4n) is 1.83. The molecular formula is C13H13BrN2O3. The minimum Gasteiger partial charge on any atom is -0.461 e. The molecule has 1 amide bonds. The molecule has 1 heterocycles. The Hall–Kier alpha value is -1.82. The zero-order chi connectivity index (χ0) is 14.0. The van der Waals surface area contributed by atoms with Crippen molar-refractivity contribution in [1.82, 2.24) is 4.98 Å². The largest absolute Gasteiger partial charge is 0.461 e. The monoisotopic (exact) mass is 324 g/mol. The third-order valence-electron chi connectivity index (χ3n) is 2.54. The number of carbonyl (C=O) groups is 2. The Bertz CT molecular complexity index is 649. The van der Waals surface area contributed by atoms with Gasteiger partial charge in [0.15, 0.2) is 0 Å². The standard InChI is InChI=1S/C13H13BrN2O3/c1-3-19-13(18)12-11(15-7(2)17)9-6-8(14)4-5-10(9)16-12/h4-6,16H,3H2,1-2H3,(H,15,17). The number of nitrogens with one attached hydrogen (secondary N) is 2. The minimum atomic E-state index is -0.487. The molecule has 0 unspecified atom stereocenters. The first-order valence-electron chi connectivity index (χ1n) is 5.79. The Balaban J connectivity index is 2.61. The van der Waals surface area contributed by atoms with Gasteiger partial charge in [-0.2, -0.15) is 0 Å². The summed E-state index contributed by atoms with van der Waals surface area (Å²) in [5, 5.41) is 3.43. The van der Waals surface area contributed by atoms with Crippen LogP contribution >= 0.6 is 15.9 Å². The van der Waals surface area contributed by atoms with E-state index in [0.29, 0.717) is 5.69 Å². The zero-order valence-corrected chi connectivity index (χ0v) is 12.1. The van der Waals surface area contributed by atoms with E-state index in [4.69, 9.17) is 4.74 Å². The molecule has 2 N–H and O–H groups in total. The van der Waals surface area contributed by atoms with Crippen LogP contribution < -0.4 is 5.32 Å². The van der Waals surface area contributed by atoms with E-state index in [1.54, 1.807) is 6.92 Å². The van der Waals surface area contributed by atoms with Gasteiger partial charge in [-0.3, -0.25) is 4.79 Å². The van der Waals surface area contributed by atoms with Gasteiger partial charge in [-0.05, 0) is 25.1 Å². The number of aromatic amines is 1. The first-order chi connectivity index (χ1) is 9.02. The molecule has 100 valence electrons. The molecule has 0 bridgehead atoms. The first-order valence-corrected chi connectivity index (χ1v) is 6.58. The van der Waals surface area contributed by atoms with E-state index in [0.717, 1.165) is 15.4 Å². The van der Waals surface area contributed by atoms with Crippen LogP contribution in [-0.4, -0.2) is 23.5 Å². The summed E-state index contributed by atoms with van der Waals surface area (Å²) < 4.78 is 5.84. The van der Waals surface area contributed by atoms with Crippen molar-refractivity contribution < 1.29 is 14.3 Å². The molecule has 0 atom stereocenters. The highest BCUT2D eigenvalue weighted by Gasteiger charge is 2.19. The number of hydrogen-bond acceptors (Lipinski definition) is 3. The molecule has 0 saturated carbocycles.